The molecule has 2 amide bonds. The Balaban J connectivity index is 2.23. The van der Waals surface area contributed by atoms with Crippen LogP contribution in [0.1, 0.15) is 33.6 Å². The largest absolute Gasteiger partial charge is 0.334 e. The first-order valence-electron chi connectivity index (χ1n) is 6.42. The predicted octanol–water partition coefficient (Wildman–Crippen LogP) is 0.507. The van der Waals surface area contributed by atoms with E-state index in [1.165, 1.54) is 0 Å². The van der Waals surface area contributed by atoms with Gasteiger partial charge in [0.15, 0.2) is 0 Å². The number of nitrogens with zero attached hydrogens (tertiary/aromatic N) is 1. The number of carbonyl (C=O) groups excluding carboxylic acids is 1. The highest BCUT2D eigenvalue weighted by Crippen LogP contribution is 2.09. The number of nitrogens with two attached hydrogens (primary N) is 1. The Hall–Kier alpha value is -0.810. The molecule has 0 saturated carbocycles. The third kappa shape index (κ3) is 5.89. The Morgan fingerprint density at radius 3 is 2.76 bits per heavy atom. The van der Waals surface area contributed by atoms with E-state index in [9.17, 15) is 4.79 Å². The molecule has 100 valence electrons. The number of hydrogen-bond acceptors (Lipinski definition) is 3. The summed E-state index contributed by atoms with van der Waals surface area (Å²) in [4.78, 5) is 14.0. The molecule has 1 heterocycles. The maximum Gasteiger partial charge on any atom is 0.315 e. The lowest BCUT2D eigenvalue weighted by Crippen LogP contribution is -2.50. The highest BCUT2D eigenvalue weighted by molar-refractivity contribution is 5.75. The van der Waals surface area contributed by atoms with Crippen molar-refractivity contribution in [1.29, 1.82) is 0 Å². The number of carbonyl (C=O) groups is 1. The van der Waals surface area contributed by atoms with Crippen molar-refractivity contribution < 1.29 is 4.79 Å². The molecule has 5 nitrogen and oxygen atoms in total. The van der Waals surface area contributed by atoms with E-state index < -0.39 is 0 Å². The molecule has 0 aromatic rings. The van der Waals surface area contributed by atoms with Gasteiger partial charge < -0.3 is 21.3 Å². The molecule has 1 rings (SSSR count). The lowest BCUT2D eigenvalue weighted by Gasteiger charge is -2.23. The zero-order chi connectivity index (χ0) is 12.9. The maximum atomic E-state index is 11.7. The van der Waals surface area contributed by atoms with Crippen LogP contribution in [-0.2, 0) is 0 Å². The smallest absolute Gasteiger partial charge is 0.315 e. The van der Waals surface area contributed by atoms with Crippen LogP contribution < -0.4 is 16.4 Å². The summed E-state index contributed by atoms with van der Waals surface area (Å²) in [5.41, 5.74) is 5.31. The van der Waals surface area contributed by atoms with Crippen LogP contribution in [0.3, 0.4) is 0 Å². The molecule has 0 aliphatic carbocycles. The molecule has 5 heteroatoms. The van der Waals surface area contributed by atoms with Crippen LogP contribution in [0.25, 0.3) is 0 Å². The summed E-state index contributed by atoms with van der Waals surface area (Å²) in [5.74, 6) is 0. The lowest BCUT2D eigenvalue weighted by molar-refractivity contribution is 0.227. The van der Waals surface area contributed by atoms with Crippen molar-refractivity contribution in [3.05, 3.63) is 0 Å². The lowest BCUT2D eigenvalue weighted by atomic mass is 10.1. The molecule has 0 spiro atoms. The minimum absolute atomic E-state index is 0.0665. The molecule has 1 aliphatic heterocycles. The molecule has 1 fully saturated rings. The molecule has 1 atom stereocenters. The van der Waals surface area contributed by atoms with E-state index in [1.807, 2.05) is 20.8 Å². The van der Waals surface area contributed by atoms with E-state index in [0.717, 1.165) is 39.0 Å². The van der Waals surface area contributed by atoms with Crippen molar-refractivity contribution in [2.24, 2.45) is 5.73 Å². The third-order valence-electron chi connectivity index (χ3n) is 2.77. The van der Waals surface area contributed by atoms with E-state index in [4.69, 9.17) is 5.73 Å². The van der Waals surface area contributed by atoms with Crippen LogP contribution in [0, 0.1) is 0 Å². The summed E-state index contributed by atoms with van der Waals surface area (Å²) in [6.07, 6.45) is 2.06. The van der Waals surface area contributed by atoms with Crippen molar-refractivity contribution in [2.45, 2.75) is 45.2 Å². The van der Waals surface area contributed by atoms with Gasteiger partial charge >= 0.3 is 6.03 Å². The van der Waals surface area contributed by atoms with Crippen molar-refractivity contribution in [3.8, 4) is 0 Å². The Morgan fingerprint density at radius 2 is 2.18 bits per heavy atom. The summed E-state index contributed by atoms with van der Waals surface area (Å²) in [6.45, 7) is 9.71. The van der Waals surface area contributed by atoms with Crippen LogP contribution in [-0.4, -0.2) is 48.7 Å². The minimum atomic E-state index is -0.179. The average Bonchev–Trinajstić information content (AvgIpc) is 2.59. The van der Waals surface area contributed by atoms with Gasteiger partial charge in [0.1, 0.15) is 0 Å². The fraction of sp³-hybridized carbons (Fsp3) is 0.917. The van der Waals surface area contributed by atoms with Gasteiger partial charge in [-0.05, 0) is 46.7 Å². The van der Waals surface area contributed by atoms with Crippen molar-refractivity contribution in [3.63, 3.8) is 0 Å². The molecule has 0 bridgehead atoms. The van der Waals surface area contributed by atoms with Crippen molar-refractivity contribution in [1.82, 2.24) is 15.5 Å². The van der Waals surface area contributed by atoms with Gasteiger partial charge in [-0.2, -0.15) is 0 Å². The molecular formula is C12H26N4O. The minimum Gasteiger partial charge on any atom is -0.334 e. The average molecular weight is 242 g/mol. The standard InChI is InChI=1S/C12H26N4O/c1-12(2,3)15-11(17)14-10-5-8-16(9-10)7-4-6-13/h10H,4-9,13H2,1-3H3,(H2,14,15,17)/t10-/m1/s1. The SMILES string of the molecule is CC(C)(C)NC(=O)N[C@@H]1CCN(CCCN)C1. The highest BCUT2D eigenvalue weighted by atomic mass is 16.2. The Bertz CT molecular complexity index is 249. The van der Waals surface area contributed by atoms with Gasteiger partial charge in [0, 0.05) is 24.7 Å². The highest BCUT2D eigenvalue weighted by Gasteiger charge is 2.24. The van der Waals surface area contributed by atoms with E-state index in [1.54, 1.807) is 0 Å². The first-order valence-corrected chi connectivity index (χ1v) is 6.42. The molecule has 0 aromatic heterocycles. The molecule has 17 heavy (non-hydrogen) atoms. The summed E-state index contributed by atoms with van der Waals surface area (Å²) < 4.78 is 0. The van der Waals surface area contributed by atoms with Crippen molar-refractivity contribution >= 4 is 6.03 Å². The Morgan fingerprint density at radius 1 is 1.47 bits per heavy atom. The first kappa shape index (κ1) is 14.3. The molecule has 0 aromatic carbocycles. The fourth-order valence-electron chi connectivity index (χ4n) is 2.03. The third-order valence-corrected chi connectivity index (χ3v) is 2.77. The molecule has 1 aliphatic rings. The summed E-state index contributed by atoms with van der Waals surface area (Å²) >= 11 is 0. The van der Waals surface area contributed by atoms with E-state index in [2.05, 4.69) is 15.5 Å². The number of rotatable bonds is 4. The molecule has 0 unspecified atom stereocenters. The van der Waals surface area contributed by atoms with E-state index in [0.29, 0.717) is 0 Å². The van der Waals surface area contributed by atoms with Gasteiger partial charge in [-0.3, -0.25) is 0 Å². The normalized spacial score (nSPS) is 21.5. The van der Waals surface area contributed by atoms with E-state index in [-0.39, 0.29) is 17.6 Å². The summed E-state index contributed by atoms with van der Waals surface area (Å²) in [7, 11) is 0. The fourth-order valence-corrected chi connectivity index (χ4v) is 2.03. The van der Waals surface area contributed by atoms with Crippen LogP contribution >= 0.6 is 0 Å². The quantitative estimate of drug-likeness (QED) is 0.672. The molecule has 4 N–H and O–H groups in total. The molecule has 1 saturated heterocycles. The van der Waals surface area contributed by atoms with Crippen molar-refractivity contribution in [2.75, 3.05) is 26.2 Å². The zero-order valence-corrected chi connectivity index (χ0v) is 11.3. The number of urea groups is 1. The van der Waals surface area contributed by atoms with Gasteiger partial charge in [-0.15, -0.1) is 0 Å². The number of amides is 2. The topological polar surface area (TPSA) is 70.4 Å². The Labute approximate surface area is 104 Å². The van der Waals surface area contributed by atoms with Gasteiger partial charge in [0.05, 0.1) is 0 Å². The predicted molar refractivity (Wildman–Crippen MR) is 69.9 cm³/mol. The first-order chi connectivity index (χ1) is 7.90. The van der Waals surface area contributed by atoms with Crippen LogP contribution in [0.2, 0.25) is 0 Å². The number of hydrogen-bond donors (Lipinski definition) is 3. The summed E-state index contributed by atoms with van der Waals surface area (Å²) in [5, 5.41) is 5.93. The van der Waals surface area contributed by atoms with Crippen LogP contribution in [0.4, 0.5) is 4.79 Å². The molecule has 0 radical (unpaired) electrons. The Kier molecular flexibility index (Phi) is 5.21. The van der Waals surface area contributed by atoms with Gasteiger partial charge in [-0.25, -0.2) is 4.79 Å². The van der Waals surface area contributed by atoms with Gasteiger partial charge in [0.25, 0.3) is 0 Å². The summed E-state index contributed by atoms with van der Waals surface area (Å²) in [6, 6.07) is 0.207. The van der Waals surface area contributed by atoms with Crippen LogP contribution in [0.15, 0.2) is 0 Å². The monoisotopic (exact) mass is 242 g/mol. The maximum absolute atomic E-state index is 11.7. The second-order valence-corrected chi connectivity index (χ2v) is 5.78. The molecular weight excluding hydrogens is 216 g/mol. The van der Waals surface area contributed by atoms with E-state index >= 15 is 0 Å². The second kappa shape index (κ2) is 6.21. The zero-order valence-electron chi connectivity index (χ0n) is 11.3. The second-order valence-electron chi connectivity index (χ2n) is 5.78. The number of likely N-dealkylation sites (tertiary alicyclic amines) is 1. The van der Waals surface area contributed by atoms with Gasteiger partial charge in [0.2, 0.25) is 0 Å². The van der Waals surface area contributed by atoms with Gasteiger partial charge in [-0.1, -0.05) is 0 Å². The van der Waals surface area contributed by atoms with Crippen LogP contribution in [0.5, 0.6) is 0 Å². The number of nitrogens with one attached hydrogen (secondary N) is 2.